The molecule has 3 rings (SSSR count). The highest BCUT2D eigenvalue weighted by atomic mass is 16.4. The van der Waals surface area contributed by atoms with Crippen LogP contribution in [0.2, 0.25) is 0 Å². The molecule has 4 N–H and O–H groups in total. The Morgan fingerprint density at radius 3 is 2.62 bits per heavy atom. The summed E-state index contributed by atoms with van der Waals surface area (Å²) in [6, 6.07) is 7.19. The van der Waals surface area contributed by atoms with Gasteiger partial charge in [-0.25, -0.2) is 4.68 Å². The maximum atomic E-state index is 13.1. The summed E-state index contributed by atoms with van der Waals surface area (Å²) in [5.41, 5.74) is 9.21. The van der Waals surface area contributed by atoms with Crippen LogP contribution < -0.4 is 11.1 Å². The molecule has 0 saturated carbocycles. The van der Waals surface area contributed by atoms with Crippen LogP contribution in [-0.2, 0) is 16.0 Å². The van der Waals surface area contributed by atoms with Gasteiger partial charge in [-0.3, -0.25) is 9.59 Å². The molecule has 8 nitrogen and oxygen atoms in total. The fourth-order valence-electron chi connectivity index (χ4n) is 3.74. The predicted molar refractivity (Wildman–Crippen MR) is 108 cm³/mol. The molecule has 0 radical (unpaired) electrons. The molecule has 156 valence electrons. The van der Waals surface area contributed by atoms with Crippen molar-refractivity contribution in [3.8, 4) is 0 Å². The molecule has 0 unspecified atom stereocenters. The first-order valence-corrected chi connectivity index (χ1v) is 10.1. The number of aromatic nitrogens is 3. The van der Waals surface area contributed by atoms with Gasteiger partial charge in [0.25, 0.3) is 0 Å². The van der Waals surface area contributed by atoms with Gasteiger partial charge in [0.15, 0.2) is 5.78 Å². The van der Waals surface area contributed by atoms with Crippen molar-refractivity contribution in [3.63, 3.8) is 0 Å². The van der Waals surface area contributed by atoms with E-state index in [0.29, 0.717) is 12.1 Å². The van der Waals surface area contributed by atoms with Crippen molar-refractivity contribution >= 4 is 11.8 Å². The average Bonchev–Trinajstić information content (AvgIpc) is 3.20. The van der Waals surface area contributed by atoms with E-state index in [1.165, 1.54) is 10.2 Å². The lowest BCUT2D eigenvalue weighted by Crippen LogP contribution is -2.36. The fraction of sp³-hybridized carbons (Fsp3) is 0.524. The molecule has 0 aliphatic carbocycles. The Morgan fingerprint density at radius 1 is 1.28 bits per heavy atom. The molecule has 1 fully saturated rings. The van der Waals surface area contributed by atoms with Gasteiger partial charge in [-0.05, 0) is 51.3 Å². The molecular weight excluding hydrogens is 370 g/mol. The topological polar surface area (TPSA) is 123 Å². The van der Waals surface area contributed by atoms with E-state index in [-0.39, 0.29) is 30.6 Å². The number of rotatable bonds is 9. The highest BCUT2D eigenvalue weighted by Gasteiger charge is 2.31. The number of ketones is 1. The quantitative estimate of drug-likeness (QED) is 0.587. The SMILES string of the molecule is Cc1ccc(C[C@H](N)c2cn([C@@H](CCC(=O)O)C(=O)C3CCNCC3)nn2)cc1. The average molecular weight is 399 g/mol. The first kappa shape index (κ1) is 21.1. The van der Waals surface area contributed by atoms with Crippen molar-refractivity contribution in [2.75, 3.05) is 13.1 Å². The Bertz CT molecular complexity index is 827. The van der Waals surface area contributed by atoms with Gasteiger partial charge in [0, 0.05) is 12.3 Å². The van der Waals surface area contributed by atoms with E-state index in [1.807, 2.05) is 31.2 Å². The Kier molecular flexibility index (Phi) is 7.11. The number of aryl methyl sites for hydroxylation is 1. The van der Waals surface area contributed by atoms with E-state index in [0.717, 1.165) is 31.5 Å². The molecule has 1 saturated heterocycles. The van der Waals surface area contributed by atoms with E-state index < -0.39 is 12.0 Å². The van der Waals surface area contributed by atoms with E-state index in [2.05, 4.69) is 15.6 Å². The number of nitrogens with zero attached hydrogens (tertiary/aromatic N) is 3. The largest absolute Gasteiger partial charge is 0.481 e. The second kappa shape index (κ2) is 9.76. The molecule has 2 aromatic rings. The Hall–Kier alpha value is -2.58. The number of nitrogens with one attached hydrogen (secondary N) is 1. The van der Waals surface area contributed by atoms with Crippen molar-refractivity contribution in [1.29, 1.82) is 0 Å². The first-order chi connectivity index (χ1) is 13.9. The summed E-state index contributed by atoms with van der Waals surface area (Å²) in [6.45, 7) is 3.63. The van der Waals surface area contributed by atoms with Crippen molar-refractivity contribution in [2.45, 2.75) is 51.1 Å². The number of carboxylic acid groups (broad SMARTS) is 1. The van der Waals surface area contributed by atoms with Crippen LogP contribution in [0.25, 0.3) is 0 Å². The number of Topliss-reactive ketones (excluding diaryl/α,β-unsaturated/α-hetero) is 1. The number of carbonyl (C=O) groups excluding carboxylic acids is 1. The van der Waals surface area contributed by atoms with Gasteiger partial charge in [0.1, 0.15) is 6.04 Å². The summed E-state index contributed by atoms with van der Waals surface area (Å²) in [5, 5.41) is 20.7. The molecule has 0 bridgehead atoms. The minimum absolute atomic E-state index is 0.0382. The third-order valence-corrected chi connectivity index (χ3v) is 5.51. The molecule has 1 aliphatic heterocycles. The second-order valence-corrected chi connectivity index (χ2v) is 7.79. The van der Waals surface area contributed by atoms with Crippen LogP contribution >= 0.6 is 0 Å². The number of carbonyl (C=O) groups is 2. The number of hydrogen-bond acceptors (Lipinski definition) is 6. The van der Waals surface area contributed by atoms with Crippen LogP contribution in [0.1, 0.15) is 54.6 Å². The highest BCUT2D eigenvalue weighted by molar-refractivity contribution is 5.85. The zero-order chi connectivity index (χ0) is 20.8. The molecule has 1 aromatic carbocycles. The standard InChI is InChI=1S/C21H29N5O3/c1-14-2-4-15(5-3-14)12-17(22)18-13-26(25-24-18)19(6-7-20(27)28)21(29)16-8-10-23-11-9-16/h2-5,13,16-17,19,23H,6-12,22H2,1H3,(H,27,28)/t17-,19-/m0/s1. The third-order valence-electron chi connectivity index (χ3n) is 5.51. The summed E-state index contributed by atoms with van der Waals surface area (Å²) in [5.74, 6) is -0.968. The minimum atomic E-state index is -0.926. The van der Waals surface area contributed by atoms with Crippen LogP contribution in [-0.4, -0.2) is 44.9 Å². The predicted octanol–water partition coefficient (Wildman–Crippen LogP) is 1.80. The van der Waals surface area contributed by atoms with Crippen molar-refractivity contribution < 1.29 is 14.7 Å². The number of aliphatic carboxylic acids is 1. The summed E-state index contributed by atoms with van der Waals surface area (Å²) in [6.07, 6.45) is 3.94. The van der Waals surface area contributed by atoms with Gasteiger partial charge < -0.3 is 16.2 Å². The van der Waals surface area contributed by atoms with Crippen LogP contribution in [0.15, 0.2) is 30.5 Å². The number of benzene rings is 1. The molecule has 0 amide bonds. The fourth-order valence-corrected chi connectivity index (χ4v) is 3.74. The highest BCUT2D eigenvalue weighted by Crippen LogP contribution is 2.25. The molecule has 1 aromatic heterocycles. The molecule has 8 heteroatoms. The summed E-state index contributed by atoms with van der Waals surface area (Å²) in [7, 11) is 0. The number of nitrogens with two attached hydrogens (primary N) is 1. The Balaban J connectivity index is 1.73. The number of carboxylic acids is 1. The Morgan fingerprint density at radius 2 is 1.97 bits per heavy atom. The van der Waals surface area contributed by atoms with Crippen LogP contribution in [0.3, 0.4) is 0 Å². The van der Waals surface area contributed by atoms with E-state index in [9.17, 15) is 9.59 Å². The maximum absolute atomic E-state index is 13.1. The van der Waals surface area contributed by atoms with Crippen molar-refractivity contribution in [2.24, 2.45) is 11.7 Å². The van der Waals surface area contributed by atoms with Crippen LogP contribution in [0, 0.1) is 12.8 Å². The van der Waals surface area contributed by atoms with Crippen molar-refractivity contribution in [3.05, 3.63) is 47.3 Å². The maximum Gasteiger partial charge on any atom is 0.303 e. The number of hydrogen-bond donors (Lipinski definition) is 3. The smallest absolute Gasteiger partial charge is 0.303 e. The normalized spacial score (nSPS) is 17.0. The van der Waals surface area contributed by atoms with Gasteiger partial charge >= 0.3 is 5.97 Å². The lowest BCUT2D eigenvalue weighted by atomic mass is 9.88. The van der Waals surface area contributed by atoms with E-state index in [1.54, 1.807) is 6.20 Å². The van der Waals surface area contributed by atoms with Gasteiger partial charge in [-0.15, -0.1) is 5.10 Å². The second-order valence-electron chi connectivity index (χ2n) is 7.79. The van der Waals surface area contributed by atoms with E-state index in [4.69, 9.17) is 10.8 Å². The van der Waals surface area contributed by atoms with Gasteiger partial charge in [-0.2, -0.15) is 0 Å². The molecular formula is C21H29N5O3. The zero-order valence-electron chi connectivity index (χ0n) is 16.8. The van der Waals surface area contributed by atoms with Gasteiger partial charge in [0.05, 0.1) is 17.9 Å². The molecule has 2 heterocycles. The zero-order valence-corrected chi connectivity index (χ0v) is 16.8. The first-order valence-electron chi connectivity index (χ1n) is 10.1. The minimum Gasteiger partial charge on any atom is -0.481 e. The molecule has 1 aliphatic rings. The number of piperidine rings is 1. The van der Waals surface area contributed by atoms with Crippen LogP contribution in [0.4, 0.5) is 0 Å². The summed E-state index contributed by atoms with van der Waals surface area (Å²) in [4.78, 5) is 24.2. The summed E-state index contributed by atoms with van der Waals surface area (Å²) >= 11 is 0. The lowest BCUT2D eigenvalue weighted by molar-refractivity contribution is -0.137. The molecule has 0 spiro atoms. The monoisotopic (exact) mass is 399 g/mol. The third kappa shape index (κ3) is 5.71. The van der Waals surface area contributed by atoms with Crippen LogP contribution in [0.5, 0.6) is 0 Å². The summed E-state index contributed by atoms with van der Waals surface area (Å²) < 4.78 is 1.51. The van der Waals surface area contributed by atoms with Gasteiger partial charge in [0.2, 0.25) is 0 Å². The molecule has 29 heavy (non-hydrogen) atoms. The van der Waals surface area contributed by atoms with Gasteiger partial charge in [-0.1, -0.05) is 35.0 Å². The Labute approximate surface area is 170 Å². The van der Waals surface area contributed by atoms with Crippen molar-refractivity contribution in [1.82, 2.24) is 20.3 Å². The lowest BCUT2D eigenvalue weighted by Gasteiger charge is -2.25. The van der Waals surface area contributed by atoms with E-state index >= 15 is 0 Å². The molecule has 2 atom stereocenters.